The Bertz CT molecular complexity index is 1210. The zero-order valence-corrected chi connectivity index (χ0v) is 42.2. The molecule has 10 heteroatoms. The lowest BCUT2D eigenvalue weighted by molar-refractivity contribution is -0.305. The van der Waals surface area contributed by atoms with Crippen molar-refractivity contribution < 1.29 is 49.0 Å². The highest BCUT2D eigenvalue weighted by Gasteiger charge is 2.44. The van der Waals surface area contributed by atoms with Crippen molar-refractivity contribution in [1.29, 1.82) is 0 Å². The largest absolute Gasteiger partial charge is 0.462 e. The van der Waals surface area contributed by atoms with E-state index in [9.17, 15) is 30.0 Å². The van der Waals surface area contributed by atoms with Gasteiger partial charge in [-0.05, 0) is 57.8 Å². The molecule has 4 N–H and O–H groups in total. The first-order chi connectivity index (χ1) is 32.3. The average Bonchev–Trinajstić information content (AvgIpc) is 3.32. The van der Waals surface area contributed by atoms with Crippen molar-refractivity contribution in [3.63, 3.8) is 0 Å². The van der Waals surface area contributed by atoms with E-state index in [0.29, 0.717) is 6.42 Å². The van der Waals surface area contributed by atoms with Gasteiger partial charge in [0.1, 0.15) is 31.0 Å². The Morgan fingerprint density at radius 3 is 1.30 bits per heavy atom. The third-order valence-electron chi connectivity index (χ3n) is 12.5. The van der Waals surface area contributed by atoms with Gasteiger partial charge in [0.2, 0.25) is 0 Å². The molecule has 0 aliphatic carbocycles. The molecule has 66 heavy (non-hydrogen) atoms. The lowest BCUT2D eigenvalue weighted by Crippen LogP contribution is -2.59. The van der Waals surface area contributed by atoms with Crippen molar-refractivity contribution >= 4 is 11.9 Å². The van der Waals surface area contributed by atoms with E-state index in [1.54, 1.807) is 0 Å². The van der Waals surface area contributed by atoms with Crippen LogP contribution in [0.2, 0.25) is 0 Å². The maximum atomic E-state index is 12.8. The molecule has 6 atom stereocenters. The fraction of sp³-hybridized carbons (Fsp3) is 0.821. The van der Waals surface area contributed by atoms with Gasteiger partial charge in [-0.3, -0.25) is 9.59 Å². The molecule has 0 aromatic carbocycles. The quantitative estimate of drug-likeness (QED) is 0.0264. The van der Waals surface area contributed by atoms with Gasteiger partial charge in [0.15, 0.2) is 12.4 Å². The highest BCUT2D eigenvalue weighted by atomic mass is 16.7. The van der Waals surface area contributed by atoms with Gasteiger partial charge >= 0.3 is 11.9 Å². The van der Waals surface area contributed by atoms with Gasteiger partial charge < -0.3 is 39.4 Å². The second-order valence-corrected chi connectivity index (χ2v) is 18.7. The van der Waals surface area contributed by atoms with Crippen molar-refractivity contribution in [3.05, 3.63) is 48.6 Å². The standard InChI is InChI=1S/C56H100O10/c1-3-5-7-9-11-13-15-17-19-21-23-24-25-27-28-30-32-34-36-38-40-42-44-51(58)63-47-49(48-64-56-55(62)54(61)53(60)50(46-57)66-56)65-52(59)45-43-41-39-37-35-33-31-29-26-22-20-18-16-14-12-10-8-6-4-2/h12,14,18,20,26,29,33,35,49-50,53-57,60-62H,3-11,13,15-17,19,21-25,27-28,30-32,34,36-48H2,1-2H3/b14-12+,20-18+,29-26+,35-33+/t49-,50-,53+,54?,55?,56-/m0/s1. The summed E-state index contributed by atoms with van der Waals surface area (Å²) in [5.74, 6) is -0.834. The summed E-state index contributed by atoms with van der Waals surface area (Å²) in [5.41, 5.74) is 0. The number of carbonyl (C=O) groups excluding carboxylic acids is 2. The molecular formula is C56H100O10. The minimum absolute atomic E-state index is 0.193. The Kier molecular flexibility index (Phi) is 43.4. The zero-order valence-electron chi connectivity index (χ0n) is 42.2. The van der Waals surface area contributed by atoms with Crippen LogP contribution in [0.1, 0.15) is 239 Å². The number of unbranched alkanes of at least 4 members (excludes halogenated alkanes) is 27. The van der Waals surface area contributed by atoms with E-state index in [-0.39, 0.29) is 32.0 Å². The lowest BCUT2D eigenvalue weighted by atomic mass is 9.99. The van der Waals surface area contributed by atoms with E-state index >= 15 is 0 Å². The van der Waals surface area contributed by atoms with E-state index in [2.05, 4.69) is 62.5 Å². The van der Waals surface area contributed by atoms with Crippen molar-refractivity contribution in [2.75, 3.05) is 19.8 Å². The molecule has 1 saturated heterocycles. The van der Waals surface area contributed by atoms with Crippen LogP contribution in [0.4, 0.5) is 0 Å². The number of hydrogen-bond donors (Lipinski definition) is 4. The summed E-state index contributed by atoms with van der Waals surface area (Å²) in [6.07, 6.45) is 49.8. The van der Waals surface area contributed by atoms with Crippen LogP contribution in [-0.2, 0) is 28.5 Å². The van der Waals surface area contributed by atoms with E-state index < -0.39 is 49.4 Å². The van der Waals surface area contributed by atoms with E-state index in [0.717, 1.165) is 57.8 Å². The molecule has 0 aromatic heterocycles. The van der Waals surface area contributed by atoms with Crippen LogP contribution in [0.5, 0.6) is 0 Å². The highest BCUT2D eigenvalue weighted by Crippen LogP contribution is 2.23. The van der Waals surface area contributed by atoms with E-state index in [1.165, 1.54) is 148 Å². The van der Waals surface area contributed by atoms with Gasteiger partial charge in [0.25, 0.3) is 0 Å². The summed E-state index contributed by atoms with van der Waals surface area (Å²) in [7, 11) is 0. The summed E-state index contributed by atoms with van der Waals surface area (Å²) in [6.45, 7) is 3.40. The first-order valence-corrected chi connectivity index (χ1v) is 27.2. The molecule has 0 spiro atoms. The number of allylic oxidation sites excluding steroid dienone is 8. The molecule has 384 valence electrons. The molecule has 1 aliphatic rings. The van der Waals surface area contributed by atoms with Gasteiger partial charge in [-0.15, -0.1) is 0 Å². The van der Waals surface area contributed by atoms with Crippen LogP contribution in [0.3, 0.4) is 0 Å². The van der Waals surface area contributed by atoms with Gasteiger partial charge in [0, 0.05) is 12.8 Å². The molecule has 0 amide bonds. The molecule has 0 saturated carbocycles. The van der Waals surface area contributed by atoms with Crippen LogP contribution >= 0.6 is 0 Å². The fourth-order valence-electron chi connectivity index (χ4n) is 8.17. The number of ether oxygens (including phenoxy) is 4. The molecule has 1 rings (SSSR count). The summed E-state index contributed by atoms with van der Waals surface area (Å²) < 4.78 is 22.2. The monoisotopic (exact) mass is 933 g/mol. The Morgan fingerprint density at radius 1 is 0.470 bits per heavy atom. The molecule has 0 radical (unpaired) electrons. The molecule has 1 fully saturated rings. The molecule has 2 unspecified atom stereocenters. The lowest BCUT2D eigenvalue weighted by Gasteiger charge is -2.39. The Labute approximate surface area is 403 Å². The summed E-state index contributed by atoms with van der Waals surface area (Å²) in [4.78, 5) is 25.5. The minimum atomic E-state index is -1.60. The summed E-state index contributed by atoms with van der Waals surface area (Å²) >= 11 is 0. The van der Waals surface area contributed by atoms with Crippen molar-refractivity contribution in [2.45, 2.75) is 275 Å². The van der Waals surface area contributed by atoms with Gasteiger partial charge in [-0.25, -0.2) is 0 Å². The third-order valence-corrected chi connectivity index (χ3v) is 12.5. The van der Waals surface area contributed by atoms with Crippen LogP contribution in [0.15, 0.2) is 48.6 Å². The van der Waals surface area contributed by atoms with Crippen molar-refractivity contribution in [1.82, 2.24) is 0 Å². The first kappa shape index (κ1) is 61.7. The van der Waals surface area contributed by atoms with E-state index in [4.69, 9.17) is 18.9 Å². The predicted molar refractivity (Wildman–Crippen MR) is 270 cm³/mol. The smallest absolute Gasteiger partial charge is 0.306 e. The molecular weight excluding hydrogens is 833 g/mol. The van der Waals surface area contributed by atoms with Crippen LogP contribution in [0, 0.1) is 0 Å². The van der Waals surface area contributed by atoms with Crippen LogP contribution < -0.4 is 0 Å². The van der Waals surface area contributed by atoms with Crippen molar-refractivity contribution in [3.8, 4) is 0 Å². The maximum absolute atomic E-state index is 12.8. The topological polar surface area (TPSA) is 152 Å². The van der Waals surface area contributed by atoms with E-state index in [1.807, 2.05) is 0 Å². The number of rotatable bonds is 46. The molecule has 0 aromatic rings. The minimum Gasteiger partial charge on any atom is -0.462 e. The zero-order chi connectivity index (χ0) is 48.0. The molecule has 1 heterocycles. The third kappa shape index (κ3) is 36.7. The number of carbonyl (C=O) groups is 2. The SMILES string of the molecule is CCCCC/C=C/C/C=C/C/C=C/C/C=C/CCCCCC(=O)O[C@@H](COC(=O)CCCCCCCCCCCCCCCCCCCCCCCC)CO[C@H]1O[C@@H](CO)[C@@H](O)C(O)C1O. The normalized spacial score (nSPS) is 19.5. The summed E-state index contributed by atoms with van der Waals surface area (Å²) in [5, 5.41) is 40.2. The van der Waals surface area contributed by atoms with Gasteiger partial charge in [-0.2, -0.15) is 0 Å². The maximum Gasteiger partial charge on any atom is 0.306 e. The number of hydrogen-bond acceptors (Lipinski definition) is 10. The molecule has 0 bridgehead atoms. The van der Waals surface area contributed by atoms with Gasteiger partial charge in [-0.1, -0.05) is 217 Å². The number of aliphatic hydroxyl groups is 4. The Balaban J connectivity index is 2.25. The second kappa shape index (κ2) is 46.4. The van der Waals surface area contributed by atoms with Crippen LogP contribution in [0.25, 0.3) is 0 Å². The first-order valence-electron chi connectivity index (χ1n) is 27.2. The van der Waals surface area contributed by atoms with Gasteiger partial charge in [0.05, 0.1) is 13.2 Å². The molecule has 10 nitrogen and oxygen atoms in total. The Hall–Kier alpha value is -2.34. The average molecular weight is 933 g/mol. The number of esters is 2. The Morgan fingerprint density at radius 2 is 0.848 bits per heavy atom. The molecule has 1 aliphatic heterocycles. The van der Waals surface area contributed by atoms with Crippen LogP contribution in [-0.4, -0.2) is 89.0 Å². The van der Waals surface area contributed by atoms with Crippen molar-refractivity contribution in [2.24, 2.45) is 0 Å². The fourth-order valence-corrected chi connectivity index (χ4v) is 8.17. The highest BCUT2D eigenvalue weighted by molar-refractivity contribution is 5.70. The number of aliphatic hydroxyl groups excluding tert-OH is 4. The second-order valence-electron chi connectivity index (χ2n) is 18.7. The summed E-state index contributed by atoms with van der Waals surface area (Å²) in [6, 6.07) is 0. The predicted octanol–water partition coefficient (Wildman–Crippen LogP) is 13.2.